The number of esters is 1. The standard InChI is InChI=1S/C15H18ClF3N2O4/c1-8(2)4-11(14(24)25-3)20-12(22)7-21-6-9(15(17,18)19)5-10(16)13(21)23/h5-6,8,11H,4,7H2,1-3H3,(H,20,22)/t11-/m1/s1. The first kappa shape index (κ1) is 21.0. The van der Waals surface area contributed by atoms with Gasteiger partial charge in [0.25, 0.3) is 5.56 Å². The van der Waals surface area contributed by atoms with Crippen LogP contribution in [0, 0.1) is 5.92 Å². The maximum absolute atomic E-state index is 12.8. The number of halogens is 4. The number of carbonyl (C=O) groups is 2. The number of pyridine rings is 1. The summed E-state index contributed by atoms with van der Waals surface area (Å²) < 4.78 is 43.5. The number of rotatable bonds is 6. The highest BCUT2D eigenvalue weighted by Crippen LogP contribution is 2.29. The predicted octanol–water partition coefficient (Wildman–Crippen LogP) is 2.22. The molecule has 1 amide bonds. The average Bonchev–Trinajstić information content (AvgIpc) is 2.48. The van der Waals surface area contributed by atoms with Gasteiger partial charge in [0.2, 0.25) is 5.91 Å². The summed E-state index contributed by atoms with van der Waals surface area (Å²) in [5.41, 5.74) is -2.10. The molecular weight excluding hydrogens is 365 g/mol. The summed E-state index contributed by atoms with van der Waals surface area (Å²) in [7, 11) is 1.15. The summed E-state index contributed by atoms with van der Waals surface area (Å²) >= 11 is 5.52. The molecule has 140 valence electrons. The second kappa shape index (κ2) is 8.37. The Labute approximate surface area is 146 Å². The van der Waals surface area contributed by atoms with Gasteiger partial charge in [0.05, 0.1) is 12.7 Å². The molecule has 0 radical (unpaired) electrons. The predicted molar refractivity (Wildman–Crippen MR) is 84.1 cm³/mol. The maximum Gasteiger partial charge on any atom is 0.417 e. The molecule has 0 aliphatic carbocycles. The zero-order valence-corrected chi connectivity index (χ0v) is 14.6. The first-order valence-corrected chi connectivity index (χ1v) is 7.67. The van der Waals surface area contributed by atoms with Gasteiger partial charge in [0.1, 0.15) is 17.6 Å². The first-order valence-electron chi connectivity index (χ1n) is 7.30. The molecule has 0 bridgehead atoms. The van der Waals surface area contributed by atoms with Gasteiger partial charge < -0.3 is 14.6 Å². The zero-order valence-electron chi connectivity index (χ0n) is 13.8. The molecule has 1 rings (SSSR count). The smallest absolute Gasteiger partial charge is 0.417 e. The molecule has 0 aromatic carbocycles. The van der Waals surface area contributed by atoms with Crippen molar-refractivity contribution in [2.75, 3.05) is 7.11 Å². The maximum atomic E-state index is 12.8. The van der Waals surface area contributed by atoms with E-state index >= 15 is 0 Å². The molecule has 1 aromatic heterocycles. The number of hydrogen-bond acceptors (Lipinski definition) is 4. The number of hydrogen-bond donors (Lipinski definition) is 1. The lowest BCUT2D eigenvalue weighted by Crippen LogP contribution is -2.44. The average molecular weight is 383 g/mol. The van der Waals surface area contributed by atoms with Crippen molar-refractivity contribution in [3.8, 4) is 0 Å². The third-order valence-electron chi connectivity index (χ3n) is 3.21. The Morgan fingerprint density at radius 2 is 1.96 bits per heavy atom. The number of alkyl halides is 3. The third kappa shape index (κ3) is 6.08. The van der Waals surface area contributed by atoms with Crippen LogP contribution in [0.5, 0.6) is 0 Å². The third-order valence-corrected chi connectivity index (χ3v) is 3.48. The van der Waals surface area contributed by atoms with Crippen molar-refractivity contribution >= 4 is 23.5 Å². The Morgan fingerprint density at radius 3 is 2.44 bits per heavy atom. The summed E-state index contributed by atoms with van der Waals surface area (Å²) in [6.45, 7) is 2.92. The van der Waals surface area contributed by atoms with Gasteiger partial charge in [-0.2, -0.15) is 13.2 Å². The van der Waals surface area contributed by atoms with Crippen molar-refractivity contribution in [3.63, 3.8) is 0 Å². The fourth-order valence-corrected chi connectivity index (χ4v) is 2.32. The Balaban J connectivity index is 3.01. The minimum absolute atomic E-state index is 0.0510. The molecule has 0 saturated carbocycles. The van der Waals surface area contributed by atoms with E-state index in [1.807, 2.05) is 13.8 Å². The quantitative estimate of drug-likeness (QED) is 0.765. The lowest BCUT2D eigenvalue weighted by molar-refractivity contribution is -0.145. The van der Waals surface area contributed by atoms with Gasteiger partial charge in [-0.25, -0.2) is 4.79 Å². The second-order valence-corrected chi connectivity index (χ2v) is 6.19. The van der Waals surface area contributed by atoms with Crippen LogP contribution in [0.25, 0.3) is 0 Å². The molecule has 1 heterocycles. The van der Waals surface area contributed by atoms with Crippen LogP contribution in [0.1, 0.15) is 25.8 Å². The van der Waals surface area contributed by atoms with E-state index in [4.69, 9.17) is 11.6 Å². The second-order valence-electron chi connectivity index (χ2n) is 5.78. The highest BCUT2D eigenvalue weighted by molar-refractivity contribution is 6.30. The van der Waals surface area contributed by atoms with E-state index in [9.17, 15) is 27.6 Å². The Kier molecular flexibility index (Phi) is 7.04. The minimum atomic E-state index is -4.72. The number of aromatic nitrogens is 1. The van der Waals surface area contributed by atoms with Crippen LogP contribution in [0.3, 0.4) is 0 Å². The molecule has 10 heteroatoms. The number of nitrogens with zero attached hydrogens (tertiary/aromatic N) is 1. The van der Waals surface area contributed by atoms with Crippen LogP contribution in [0.4, 0.5) is 13.2 Å². The number of ether oxygens (including phenoxy) is 1. The molecule has 0 fully saturated rings. The van der Waals surface area contributed by atoms with Crippen molar-refractivity contribution in [3.05, 3.63) is 33.2 Å². The molecular formula is C15H18ClF3N2O4. The van der Waals surface area contributed by atoms with Crippen molar-refractivity contribution < 1.29 is 27.5 Å². The zero-order chi connectivity index (χ0) is 19.4. The normalized spacial score (nSPS) is 12.8. The molecule has 0 unspecified atom stereocenters. The Bertz CT molecular complexity index is 701. The molecule has 0 saturated heterocycles. The minimum Gasteiger partial charge on any atom is -0.467 e. The van der Waals surface area contributed by atoms with Crippen LogP contribution in [0.15, 0.2) is 17.1 Å². The van der Waals surface area contributed by atoms with Crippen LogP contribution < -0.4 is 10.9 Å². The topological polar surface area (TPSA) is 77.4 Å². The van der Waals surface area contributed by atoms with E-state index in [2.05, 4.69) is 10.1 Å². The molecule has 25 heavy (non-hydrogen) atoms. The largest absolute Gasteiger partial charge is 0.467 e. The SMILES string of the molecule is COC(=O)[C@@H](CC(C)C)NC(=O)Cn1cc(C(F)(F)F)cc(Cl)c1=O. The van der Waals surface area contributed by atoms with Crippen LogP contribution in [-0.2, 0) is 27.0 Å². The Morgan fingerprint density at radius 1 is 1.36 bits per heavy atom. The van der Waals surface area contributed by atoms with Crippen molar-refractivity contribution in [2.24, 2.45) is 5.92 Å². The first-order chi connectivity index (χ1) is 11.5. The number of methoxy groups -OCH3 is 1. The summed E-state index contributed by atoms with van der Waals surface area (Å²) in [5.74, 6) is -1.44. The summed E-state index contributed by atoms with van der Waals surface area (Å²) in [4.78, 5) is 35.5. The molecule has 0 aliphatic heterocycles. The summed E-state index contributed by atoms with van der Waals surface area (Å²) in [5, 5.41) is 1.70. The van der Waals surface area contributed by atoms with Gasteiger partial charge in [0.15, 0.2) is 0 Å². The van der Waals surface area contributed by atoms with Crippen LogP contribution >= 0.6 is 11.6 Å². The van der Waals surface area contributed by atoms with Crippen molar-refractivity contribution in [2.45, 2.75) is 39.0 Å². The van der Waals surface area contributed by atoms with Gasteiger partial charge in [-0.3, -0.25) is 9.59 Å². The van der Waals surface area contributed by atoms with Gasteiger partial charge in [-0.15, -0.1) is 0 Å². The monoisotopic (exact) mass is 382 g/mol. The number of nitrogens with one attached hydrogen (secondary N) is 1. The van der Waals surface area contributed by atoms with E-state index in [0.717, 1.165) is 7.11 Å². The van der Waals surface area contributed by atoms with Crippen molar-refractivity contribution in [1.29, 1.82) is 0 Å². The molecule has 1 N–H and O–H groups in total. The molecule has 1 atom stereocenters. The van der Waals surface area contributed by atoms with Crippen LogP contribution in [0.2, 0.25) is 5.02 Å². The highest BCUT2D eigenvalue weighted by Gasteiger charge is 2.32. The summed E-state index contributed by atoms with van der Waals surface area (Å²) in [6, 6.07) is -0.469. The lowest BCUT2D eigenvalue weighted by Gasteiger charge is -2.19. The Hall–Kier alpha value is -2.03. The fraction of sp³-hybridized carbons (Fsp3) is 0.533. The van der Waals surface area contributed by atoms with Gasteiger partial charge in [-0.1, -0.05) is 25.4 Å². The van der Waals surface area contributed by atoms with E-state index in [1.54, 1.807) is 0 Å². The summed E-state index contributed by atoms with van der Waals surface area (Å²) in [6.07, 6.45) is -3.94. The molecule has 6 nitrogen and oxygen atoms in total. The number of amides is 1. The van der Waals surface area contributed by atoms with E-state index in [1.165, 1.54) is 0 Å². The van der Waals surface area contributed by atoms with E-state index in [0.29, 0.717) is 16.8 Å². The molecule has 0 aliphatic rings. The fourth-order valence-electron chi connectivity index (χ4n) is 2.09. The van der Waals surface area contributed by atoms with Gasteiger partial charge in [-0.05, 0) is 18.4 Å². The van der Waals surface area contributed by atoms with Crippen molar-refractivity contribution in [1.82, 2.24) is 9.88 Å². The molecule has 0 spiro atoms. The van der Waals surface area contributed by atoms with E-state index in [-0.39, 0.29) is 12.3 Å². The molecule has 1 aromatic rings. The highest BCUT2D eigenvalue weighted by atomic mass is 35.5. The van der Waals surface area contributed by atoms with E-state index < -0.39 is 46.8 Å². The van der Waals surface area contributed by atoms with Gasteiger partial charge >= 0.3 is 12.1 Å². The lowest BCUT2D eigenvalue weighted by atomic mass is 10.0. The van der Waals surface area contributed by atoms with Gasteiger partial charge in [0, 0.05) is 6.20 Å². The number of carbonyl (C=O) groups excluding carboxylic acids is 2. The van der Waals surface area contributed by atoms with Crippen LogP contribution in [-0.4, -0.2) is 29.6 Å².